The number of alkyl halides is 1. The molecule has 0 heterocycles. The summed E-state index contributed by atoms with van der Waals surface area (Å²) in [6.45, 7) is 9.79. The zero-order valence-electron chi connectivity index (χ0n) is 16.3. The molecular formula is C21H28BrNO4. The number of benzene rings is 1. The van der Waals surface area contributed by atoms with E-state index in [9.17, 15) is 9.59 Å². The van der Waals surface area contributed by atoms with Crippen LogP contribution in [-0.2, 0) is 14.3 Å². The minimum Gasteiger partial charge on any atom is -0.463 e. The van der Waals surface area contributed by atoms with Gasteiger partial charge in [0.2, 0.25) is 0 Å². The lowest BCUT2D eigenvalue weighted by atomic mass is 9.81. The standard InChI is InChI=1S/C21H28BrNO4/c1-5-26-18(24)10-11-27-20(25)15-6-8-17(9-7-15)23-13-16-12-14(2)19(22)21(16,3)4/h6-11,14,16,19,23H,5,12-13H2,1-4H3. The lowest BCUT2D eigenvalue weighted by Gasteiger charge is -2.31. The Hall–Kier alpha value is -1.82. The normalized spacial score (nSPS) is 24.0. The zero-order valence-corrected chi connectivity index (χ0v) is 17.9. The maximum absolute atomic E-state index is 12.0. The van der Waals surface area contributed by atoms with Gasteiger partial charge in [-0.25, -0.2) is 9.59 Å². The Morgan fingerprint density at radius 2 is 1.96 bits per heavy atom. The Bertz CT molecular complexity index is 684. The first kappa shape index (κ1) is 21.5. The molecule has 1 aromatic carbocycles. The van der Waals surface area contributed by atoms with Crippen LogP contribution in [0.3, 0.4) is 0 Å². The minimum atomic E-state index is -0.542. The van der Waals surface area contributed by atoms with E-state index in [0.29, 0.717) is 22.2 Å². The minimum absolute atomic E-state index is 0.238. The summed E-state index contributed by atoms with van der Waals surface area (Å²) in [7, 11) is 0. The quantitative estimate of drug-likeness (QED) is 0.287. The molecule has 3 atom stereocenters. The van der Waals surface area contributed by atoms with E-state index in [1.807, 2.05) is 12.1 Å². The SMILES string of the molecule is CCOC(=O)C=COC(=O)c1ccc(NCC2CC(C)C(Br)C2(C)C)cc1. The maximum atomic E-state index is 12.0. The number of nitrogens with one attached hydrogen (secondary N) is 1. The van der Waals surface area contributed by atoms with E-state index in [0.717, 1.165) is 24.6 Å². The van der Waals surface area contributed by atoms with E-state index >= 15 is 0 Å². The second-order valence-corrected chi connectivity index (χ2v) is 8.54. The molecular weight excluding hydrogens is 410 g/mol. The topological polar surface area (TPSA) is 64.6 Å². The second-order valence-electron chi connectivity index (χ2n) is 7.55. The molecule has 27 heavy (non-hydrogen) atoms. The fourth-order valence-electron chi connectivity index (χ4n) is 3.55. The smallest absolute Gasteiger partial charge is 0.342 e. The molecule has 5 nitrogen and oxygen atoms in total. The van der Waals surface area contributed by atoms with Gasteiger partial charge in [0.25, 0.3) is 0 Å². The van der Waals surface area contributed by atoms with Crippen molar-refractivity contribution in [2.45, 2.75) is 38.9 Å². The fourth-order valence-corrected chi connectivity index (χ4v) is 4.14. The van der Waals surface area contributed by atoms with Crippen molar-refractivity contribution in [1.82, 2.24) is 0 Å². The summed E-state index contributed by atoms with van der Waals surface area (Å²) >= 11 is 3.84. The molecule has 0 aromatic heterocycles. The van der Waals surface area contributed by atoms with Crippen molar-refractivity contribution < 1.29 is 19.1 Å². The van der Waals surface area contributed by atoms with Crippen molar-refractivity contribution in [3.05, 3.63) is 42.2 Å². The Kier molecular flexibility index (Phi) is 7.48. The number of hydrogen-bond acceptors (Lipinski definition) is 5. The van der Waals surface area contributed by atoms with E-state index < -0.39 is 11.9 Å². The molecule has 0 amide bonds. The highest BCUT2D eigenvalue weighted by Crippen LogP contribution is 2.49. The van der Waals surface area contributed by atoms with Gasteiger partial charge in [-0.05, 0) is 54.9 Å². The molecule has 1 aliphatic carbocycles. The summed E-state index contributed by atoms with van der Waals surface area (Å²) in [4.78, 5) is 23.7. The Morgan fingerprint density at radius 3 is 2.52 bits per heavy atom. The van der Waals surface area contributed by atoms with Gasteiger partial charge in [0.05, 0.1) is 18.2 Å². The largest absolute Gasteiger partial charge is 0.463 e. The van der Waals surface area contributed by atoms with Crippen molar-refractivity contribution in [2.24, 2.45) is 17.3 Å². The Balaban J connectivity index is 1.86. The summed E-state index contributed by atoms with van der Waals surface area (Å²) in [6, 6.07) is 7.14. The van der Waals surface area contributed by atoms with Crippen LogP contribution in [0.15, 0.2) is 36.6 Å². The van der Waals surface area contributed by atoms with E-state index in [2.05, 4.69) is 42.0 Å². The van der Waals surface area contributed by atoms with Crippen LogP contribution in [0.25, 0.3) is 0 Å². The van der Waals surface area contributed by atoms with E-state index in [1.165, 1.54) is 6.42 Å². The summed E-state index contributed by atoms with van der Waals surface area (Å²) in [5.41, 5.74) is 1.63. The summed E-state index contributed by atoms with van der Waals surface area (Å²) in [5.74, 6) is 0.177. The Morgan fingerprint density at radius 1 is 1.30 bits per heavy atom. The molecule has 1 N–H and O–H groups in total. The first-order chi connectivity index (χ1) is 12.8. The monoisotopic (exact) mass is 437 g/mol. The highest BCUT2D eigenvalue weighted by Gasteiger charge is 2.45. The van der Waals surface area contributed by atoms with Gasteiger partial charge in [0.15, 0.2) is 0 Å². The molecule has 3 unspecified atom stereocenters. The molecule has 1 aromatic rings. The van der Waals surface area contributed by atoms with Gasteiger partial charge in [-0.1, -0.05) is 36.7 Å². The molecule has 1 saturated carbocycles. The third-order valence-electron chi connectivity index (χ3n) is 5.26. The number of carbonyl (C=O) groups excluding carboxylic acids is 2. The van der Waals surface area contributed by atoms with Crippen molar-refractivity contribution in [3.8, 4) is 0 Å². The number of rotatable bonds is 7. The van der Waals surface area contributed by atoms with Crippen molar-refractivity contribution in [3.63, 3.8) is 0 Å². The van der Waals surface area contributed by atoms with Crippen LogP contribution in [0.5, 0.6) is 0 Å². The summed E-state index contributed by atoms with van der Waals surface area (Å²) in [5, 5.41) is 3.47. The molecule has 0 aliphatic heterocycles. The molecule has 0 saturated heterocycles. The summed E-state index contributed by atoms with van der Waals surface area (Å²) in [6.07, 6.45) is 3.32. The number of anilines is 1. The number of halogens is 1. The Labute approximate surface area is 169 Å². The van der Waals surface area contributed by atoms with Gasteiger partial charge in [-0.15, -0.1) is 0 Å². The van der Waals surface area contributed by atoms with Crippen molar-refractivity contribution in [2.75, 3.05) is 18.5 Å². The number of carbonyl (C=O) groups is 2. The predicted octanol–water partition coefficient (Wildman–Crippen LogP) is 4.78. The van der Waals surface area contributed by atoms with Gasteiger partial charge >= 0.3 is 11.9 Å². The van der Waals surface area contributed by atoms with Crippen LogP contribution >= 0.6 is 15.9 Å². The lowest BCUT2D eigenvalue weighted by molar-refractivity contribution is -0.137. The third-order valence-corrected chi connectivity index (χ3v) is 7.34. The van der Waals surface area contributed by atoms with Crippen LogP contribution in [0, 0.1) is 17.3 Å². The van der Waals surface area contributed by atoms with Gasteiger partial charge in [0.1, 0.15) is 6.26 Å². The first-order valence-corrected chi connectivity index (χ1v) is 10.2. The molecule has 0 spiro atoms. The number of hydrogen-bond donors (Lipinski definition) is 1. The second kappa shape index (κ2) is 9.40. The van der Waals surface area contributed by atoms with Crippen LogP contribution < -0.4 is 5.32 Å². The predicted molar refractivity (Wildman–Crippen MR) is 110 cm³/mol. The highest BCUT2D eigenvalue weighted by molar-refractivity contribution is 9.09. The van der Waals surface area contributed by atoms with Crippen molar-refractivity contribution >= 4 is 33.6 Å². The van der Waals surface area contributed by atoms with E-state index in [1.54, 1.807) is 19.1 Å². The summed E-state index contributed by atoms with van der Waals surface area (Å²) < 4.78 is 9.64. The fraction of sp³-hybridized carbons (Fsp3) is 0.524. The third kappa shape index (κ3) is 5.58. The van der Waals surface area contributed by atoms with E-state index in [4.69, 9.17) is 9.47 Å². The molecule has 0 bridgehead atoms. The van der Waals surface area contributed by atoms with Gasteiger partial charge < -0.3 is 14.8 Å². The first-order valence-electron chi connectivity index (χ1n) is 9.28. The molecule has 1 fully saturated rings. The van der Waals surface area contributed by atoms with Crippen LogP contribution in [0.2, 0.25) is 0 Å². The molecule has 0 radical (unpaired) electrons. The zero-order chi connectivity index (χ0) is 20.0. The molecule has 6 heteroatoms. The molecule has 2 rings (SSSR count). The highest BCUT2D eigenvalue weighted by atomic mass is 79.9. The maximum Gasteiger partial charge on any atom is 0.342 e. The molecule has 148 valence electrons. The van der Waals surface area contributed by atoms with Gasteiger partial charge in [0, 0.05) is 17.1 Å². The molecule has 1 aliphatic rings. The lowest BCUT2D eigenvalue weighted by Crippen LogP contribution is -2.30. The van der Waals surface area contributed by atoms with Crippen molar-refractivity contribution in [1.29, 1.82) is 0 Å². The van der Waals surface area contributed by atoms with Crippen LogP contribution in [0.4, 0.5) is 5.69 Å². The van der Waals surface area contributed by atoms with Gasteiger partial charge in [-0.3, -0.25) is 0 Å². The van der Waals surface area contributed by atoms with Gasteiger partial charge in [-0.2, -0.15) is 0 Å². The number of esters is 2. The number of ether oxygens (including phenoxy) is 2. The average molecular weight is 438 g/mol. The van der Waals surface area contributed by atoms with Crippen LogP contribution in [0.1, 0.15) is 44.5 Å². The van der Waals surface area contributed by atoms with Crippen LogP contribution in [-0.4, -0.2) is 29.9 Å². The average Bonchev–Trinajstić information content (AvgIpc) is 2.83. The van der Waals surface area contributed by atoms with E-state index in [-0.39, 0.29) is 12.0 Å².